The molecule has 0 aromatic heterocycles. The van der Waals surface area contributed by atoms with Crippen LogP contribution in [0.2, 0.25) is 0 Å². The highest BCUT2D eigenvalue weighted by Gasteiger charge is 2.30. The third kappa shape index (κ3) is 81.6. The van der Waals surface area contributed by atoms with Crippen LogP contribution in [0.1, 0.15) is 297 Å². The van der Waals surface area contributed by atoms with Gasteiger partial charge in [0.1, 0.15) is 19.3 Å². The normalized spacial score (nSPS) is 14.8. The van der Waals surface area contributed by atoms with E-state index in [0.717, 1.165) is 173 Å². The molecular weight excluding hydrogens is 1450 g/mol. The Morgan fingerprint density at radius 3 is 0.786 bits per heavy atom. The molecule has 112 heavy (non-hydrogen) atoms. The Hall–Kier alpha value is -6.36. The Bertz CT molecular complexity index is 2940. The number of esters is 4. The van der Waals surface area contributed by atoms with Crippen molar-refractivity contribution in [1.29, 1.82) is 0 Å². The van der Waals surface area contributed by atoms with Gasteiger partial charge in [0.15, 0.2) is 12.2 Å². The lowest BCUT2D eigenvalue weighted by Gasteiger charge is -2.21. The fourth-order valence-electron chi connectivity index (χ4n) is 10.4. The SMILES string of the molecule is CC/C=C\C/C=C\C/C=C\C/C=C\C/C=C\C/C=C\CCC(=O)OC[C@H](COP(=O)(O)OC[C@@H](O)COP(=O)(O)OC[C@@H](COC(=O)CCCCC/C=C\C/C=C\C/C=C\C/C=C\C/C=C\CC)OC(=O)CCCCC/C=C\C/C=C\C/C=C\C/C=C\C/C=C\CC)OC(=O)CCCCCCC/C=C\CCCCCCCC. The van der Waals surface area contributed by atoms with Gasteiger partial charge in [-0.25, -0.2) is 9.13 Å². The number of phosphoric ester groups is 2. The van der Waals surface area contributed by atoms with Crippen molar-refractivity contribution in [3.8, 4) is 0 Å². The minimum Gasteiger partial charge on any atom is -0.462 e. The predicted octanol–water partition coefficient (Wildman–Crippen LogP) is 25.4. The maximum Gasteiger partial charge on any atom is 0.472 e. The van der Waals surface area contributed by atoms with Crippen LogP contribution in [0.25, 0.3) is 0 Å². The fraction of sp³-hybridized carbons (Fsp3) is 0.591. The molecular formula is C93H148O17P2. The molecule has 0 bridgehead atoms. The van der Waals surface area contributed by atoms with Crippen LogP contribution in [-0.4, -0.2) is 96.7 Å². The first-order valence-corrected chi connectivity index (χ1v) is 45.3. The number of carbonyl (C=O) groups is 4. The van der Waals surface area contributed by atoms with Crippen LogP contribution >= 0.6 is 15.6 Å². The first-order chi connectivity index (χ1) is 54.7. The second kappa shape index (κ2) is 82.6. The van der Waals surface area contributed by atoms with Crippen molar-refractivity contribution in [2.24, 2.45) is 0 Å². The topological polar surface area (TPSA) is 237 Å². The maximum absolute atomic E-state index is 13.1. The van der Waals surface area contributed by atoms with Crippen molar-refractivity contribution in [3.05, 3.63) is 207 Å². The molecule has 0 spiro atoms. The molecule has 0 heterocycles. The van der Waals surface area contributed by atoms with Crippen LogP contribution in [0, 0.1) is 0 Å². The van der Waals surface area contributed by atoms with Gasteiger partial charge in [0.25, 0.3) is 0 Å². The molecule has 0 aliphatic heterocycles. The molecule has 17 nitrogen and oxygen atoms in total. The molecule has 0 rings (SSSR count). The number of unbranched alkanes of at least 4 members (excludes halogenated alkanes) is 17. The van der Waals surface area contributed by atoms with E-state index in [-0.39, 0.29) is 25.7 Å². The summed E-state index contributed by atoms with van der Waals surface area (Å²) in [6.45, 7) is 4.35. The summed E-state index contributed by atoms with van der Waals surface area (Å²) in [5.74, 6) is -2.37. The molecule has 2 unspecified atom stereocenters. The van der Waals surface area contributed by atoms with E-state index in [0.29, 0.717) is 32.1 Å². The van der Waals surface area contributed by atoms with E-state index in [2.05, 4.69) is 216 Å². The highest BCUT2D eigenvalue weighted by atomic mass is 31.2. The summed E-state index contributed by atoms with van der Waals surface area (Å²) in [6.07, 6.45) is 104. The molecule has 0 amide bonds. The largest absolute Gasteiger partial charge is 0.472 e. The smallest absolute Gasteiger partial charge is 0.462 e. The third-order valence-electron chi connectivity index (χ3n) is 16.7. The summed E-state index contributed by atoms with van der Waals surface area (Å²) in [5.41, 5.74) is 0. The zero-order valence-corrected chi connectivity index (χ0v) is 71.0. The summed E-state index contributed by atoms with van der Waals surface area (Å²) >= 11 is 0. The van der Waals surface area contributed by atoms with Gasteiger partial charge in [-0.2, -0.15) is 0 Å². The highest BCUT2D eigenvalue weighted by Crippen LogP contribution is 2.45. The van der Waals surface area contributed by atoms with Crippen LogP contribution in [0.3, 0.4) is 0 Å². The zero-order chi connectivity index (χ0) is 81.7. The van der Waals surface area contributed by atoms with E-state index >= 15 is 0 Å². The van der Waals surface area contributed by atoms with Crippen LogP contribution in [0.4, 0.5) is 0 Å². The van der Waals surface area contributed by atoms with E-state index in [1.165, 1.54) is 38.5 Å². The lowest BCUT2D eigenvalue weighted by Crippen LogP contribution is -2.30. The van der Waals surface area contributed by atoms with E-state index in [1.807, 2.05) is 18.2 Å². The van der Waals surface area contributed by atoms with Gasteiger partial charge in [0, 0.05) is 25.7 Å². The number of hydrogen-bond donors (Lipinski definition) is 3. The number of carbonyl (C=O) groups excluding carboxylic acids is 4. The Labute approximate surface area is 678 Å². The van der Waals surface area contributed by atoms with Crippen LogP contribution in [0.15, 0.2) is 207 Å². The van der Waals surface area contributed by atoms with Crippen molar-refractivity contribution in [1.82, 2.24) is 0 Å². The van der Waals surface area contributed by atoms with Crippen molar-refractivity contribution in [3.63, 3.8) is 0 Å². The van der Waals surface area contributed by atoms with Gasteiger partial charge in [-0.3, -0.25) is 37.3 Å². The monoisotopic (exact) mass is 1600 g/mol. The number of aliphatic hydroxyl groups is 1. The lowest BCUT2D eigenvalue weighted by atomic mass is 10.1. The summed E-state index contributed by atoms with van der Waals surface area (Å²) < 4.78 is 68.7. The molecule has 0 aliphatic carbocycles. The summed E-state index contributed by atoms with van der Waals surface area (Å²) in [4.78, 5) is 73.2. The minimum atomic E-state index is -5.02. The third-order valence-corrected chi connectivity index (χ3v) is 18.6. The first-order valence-electron chi connectivity index (χ1n) is 42.3. The highest BCUT2D eigenvalue weighted by molar-refractivity contribution is 7.47. The Morgan fingerprint density at radius 2 is 0.482 bits per heavy atom. The van der Waals surface area contributed by atoms with Crippen LogP contribution in [-0.2, 0) is 65.4 Å². The van der Waals surface area contributed by atoms with Crippen LogP contribution < -0.4 is 0 Å². The number of rotatable bonds is 77. The molecule has 0 aromatic rings. The van der Waals surface area contributed by atoms with Gasteiger partial charge in [0.2, 0.25) is 0 Å². The Balaban J connectivity index is 5.54. The van der Waals surface area contributed by atoms with E-state index in [1.54, 1.807) is 0 Å². The van der Waals surface area contributed by atoms with Crippen molar-refractivity contribution >= 4 is 39.5 Å². The van der Waals surface area contributed by atoms with E-state index in [9.17, 15) is 43.2 Å². The standard InChI is InChI=1S/C93H148O17P2/c1-5-9-13-17-21-25-29-33-37-40-43-46-50-53-57-61-65-69-73-77-90(95)103-83-88(109-92(97)79-75-71-67-63-59-55-49-36-32-28-24-20-16-12-8-4)85-107-111(99,100)105-81-87(94)82-106-112(101,102)108-86-89(110-93(98)80-76-72-68-64-60-56-52-48-45-42-39-35-31-27-23-19-15-11-7-3)84-104-91(96)78-74-70-66-62-58-54-51-47-44-41-38-34-30-26-22-18-14-10-6-2/h9-11,13-15,21-23,25-27,33-39,43-49,53-54,56-58,60,65,69,87-89,94H,5-8,12,16-20,24,28-32,40-42,50-52,55,59,61-64,66-68,70-86H2,1-4H3,(H,99,100)(H,101,102)/b13-9-,14-10-,15-11-,25-21-,26-22-,27-23-,37-33-,38-34-,39-35-,46-43-,47-44-,48-45-,49-36-,57-53-,58-54-,60-56-,69-65-/t87-,88-,89-/m1/s1. The zero-order valence-electron chi connectivity index (χ0n) is 69.3. The fourth-order valence-corrected chi connectivity index (χ4v) is 12.0. The Kier molecular flexibility index (Phi) is 77.9. The second-order valence-corrected chi connectivity index (χ2v) is 30.2. The van der Waals surface area contributed by atoms with Gasteiger partial charge in [0.05, 0.1) is 26.4 Å². The molecule has 3 N–H and O–H groups in total. The average Bonchev–Trinajstić information content (AvgIpc) is 0.898. The molecule has 0 aromatic carbocycles. The van der Waals surface area contributed by atoms with Gasteiger partial charge < -0.3 is 33.8 Å². The minimum absolute atomic E-state index is 0.0262. The van der Waals surface area contributed by atoms with E-state index in [4.69, 9.17) is 37.0 Å². The van der Waals surface area contributed by atoms with Gasteiger partial charge >= 0.3 is 39.5 Å². The van der Waals surface area contributed by atoms with Gasteiger partial charge in [-0.1, -0.05) is 298 Å². The lowest BCUT2D eigenvalue weighted by molar-refractivity contribution is -0.161. The van der Waals surface area contributed by atoms with Crippen molar-refractivity contribution < 1.29 is 80.2 Å². The summed E-state index contributed by atoms with van der Waals surface area (Å²) in [6, 6.07) is 0. The summed E-state index contributed by atoms with van der Waals surface area (Å²) in [5, 5.41) is 10.7. The van der Waals surface area contributed by atoms with Gasteiger partial charge in [-0.15, -0.1) is 0 Å². The number of aliphatic hydroxyl groups excluding tert-OH is 1. The molecule has 5 atom stereocenters. The molecule has 0 aliphatic rings. The number of allylic oxidation sites excluding steroid dienone is 34. The average molecular weight is 1600 g/mol. The van der Waals surface area contributed by atoms with Crippen molar-refractivity contribution in [2.75, 3.05) is 39.6 Å². The first kappa shape index (κ1) is 106. The molecule has 0 saturated carbocycles. The van der Waals surface area contributed by atoms with Crippen molar-refractivity contribution in [2.45, 2.75) is 316 Å². The van der Waals surface area contributed by atoms with Gasteiger partial charge in [-0.05, 0) is 180 Å². The number of ether oxygens (including phenoxy) is 4. The number of hydrogen-bond acceptors (Lipinski definition) is 15. The second-order valence-electron chi connectivity index (χ2n) is 27.3. The quantitative estimate of drug-likeness (QED) is 0.0169. The molecule has 0 fully saturated rings. The Morgan fingerprint density at radius 1 is 0.259 bits per heavy atom. The molecule has 0 radical (unpaired) electrons. The maximum atomic E-state index is 13.1. The summed E-state index contributed by atoms with van der Waals surface area (Å²) in [7, 11) is -10.0. The molecule has 632 valence electrons. The predicted molar refractivity (Wildman–Crippen MR) is 463 cm³/mol. The molecule has 19 heteroatoms. The van der Waals surface area contributed by atoms with E-state index < -0.39 is 97.5 Å². The number of phosphoric acid groups is 2. The van der Waals surface area contributed by atoms with Crippen LogP contribution in [0.5, 0.6) is 0 Å². The molecule has 0 saturated heterocycles.